The number of hydrogen-bond donors (Lipinski definition) is 0. The molecule has 1 atom stereocenters. The van der Waals surface area contributed by atoms with Crippen molar-refractivity contribution in [2.75, 3.05) is 25.2 Å². The SMILES string of the molecule is COc1cccc(C(=O)COC(=O)[C@@H]2CC(=O)N(c3ccc(Oc4ccccc4-c4ccccc4)cc3)C2)c1. The lowest BCUT2D eigenvalue weighted by Gasteiger charge is -2.17. The third kappa shape index (κ3) is 5.99. The summed E-state index contributed by atoms with van der Waals surface area (Å²) in [6.45, 7) is -0.213. The Morgan fingerprint density at radius 3 is 2.36 bits per heavy atom. The second kappa shape index (κ2) is 11.6. The van der Waals surface area contributed by atoms with Crippen molar-refractivity contribution in [2.24, 2.45) is 5.92 Å². The fourth-order valence-electron chi connectivity index (χ4n) is 4.48. The van der Waals surface area contributed by atoms with E-state index in [0.717, 1.165) is 16.9 Å². The van der Waals surface area contributed by atoms with E-state index in [-0.39, 0.29) is 24.7 Å². The Morgan fingerprint density at radius 1 is 0.846 bits per heavy atom. The molecule has 1 aliphatic heterocycles. The van der Waals surface area contributed by atoms with E-state index in [9.17, 15) is 14.4 Å². The Kier molecular flexibility index (Phi) is 7.68. The Morgan fingerprint density at radius 2 is 1.59 bits per heavy atom. The van der Waals surface area contributed by atoms with E-state index in [2.05, 4.69) is 0 Å². The van der Waals surface area contributed by atoms with Crippen molar-refractivity contribution < 1.29 is 28.6 Å². The summed E-state index contributed by atoms with van der Waals surface area (Å²) in [4.78, 5) is 39.3. The van der Waals surface area contributed by atoms with Gasteiger partial charge in [-0.05, 0) is 48.0 Å². The highest BCUT2D eigenvalue weighted by molar-refractivity contribution is 6.01. The summed E-state index contributed by atoms with van der Waals surface area (Å²) in [5, 5.41) is 0. The number of benzene rings is 4. The van der Waals surface area contributed by atoms with Gasteiger partial charge in [-0.1, -0.05) is 60.7 Å². The quantitative estimate of drug-likeness (QED) is 0.200. The van der Waals surface area contributed by atoms with Crippen LogP contribution in [0.3, 0.4) is 0 Å². The van der Waals surface area contributed by atoms with Crippen LogP contribution in [0.15, 0.2) is 103 Å². The fourth-order valence-corrected chi connectivity index (χ4v) is 4.48. The standard InChI is InChI=1S/C32H27NO6/c1-37-27-11-7-10-23(18-27)29(34)21-38-32(36)24-19-31(35)33(20-24)25-14-16-26(17-15-25)39-30-13-6-5-12-28(30)22-8-3-2-4-9-22/h2-18,24H,19-21H2,1H3/t24-/m1/s1. The molecular formula is C32H27NO6. The molecule has 0 aromatic heterocycles. The van der Waals surface area contributed by atoms with Gasteiger partial charge >= 0.3 is 5.97 Å². The van der Waals surface area contributed by atoms with E-state index < -0.39 is 18.5 Å². The molecule has 39 heavy (non-hydrogen) atoms. The number of ketones is 1. The lowest BCUT2D eigenvalue weighted by atomic mass is 10.0. The summed E-state index contributed by atoms with van der Waals surface area (Å²) in [7, 11) is 1.51. The second-order valence-electron chi connectivity index (χ2n) is 9.13. The fraction of sp³-hybridized carbons (Fsp3) is 0.156. The van der Waals surface area contributed by atoms with E-state index in [1.54, 1.807) is 53.4 Å². The van der Waals surface area contributed by atoms with Gasteiger partial charge in [0, 0.05) is 29.8 Å². The van der Waals surface area contributed by atoms with Gasteiger partial charge in [0.15, 0.2) is 12.4 Å². The Bertz CT molecular complexity index is 1480. The molecule has 0 aliphatic carbocycles. The molecule has 7 nitrogen and oxygen atoms in total. The molecule has 196 valence electrons. The van der Waals surface area contributed by atoms with E-state index >= 15 is 0 Å². The van der Waals surface area contributed by atoms with Gasteiger partial charge in [0.25, 0.3) is 0 Å². The van der Waals surface area contributed by atoms with Gasteiger partial charge in [-0.25, -0.2) is 0 Å². The Hall–Kier alpha value is -4.91. The maximum Gasteiger partial charge on any atom is 0.311 e. The smallest absolute Gasteiger partial charge is 0.311 e. The number of methoxy groups -OCH3 is 1. The van der Waals surface area contributed by atoms with Crippen LogP contribution >= 0.6 is 0 Å². The molecule has 0 N–H and O–H groups in total. The number of anilines is 1. The molecule has 1 fully saturated rings. The molecule has 4 aromatic carbocycles. The van der Waals surface area contributed by atoms with Crippen LogP contribution in [0.5, 0.6) is 17.2 Å². The first-order chi connectivity index (χ1) is 19.0. The zero-order valence-corrected chi connectivity index (χ0v) is 21.4. The van der Waals surface area contributed by atoms with Crippen molar-refractivity contribution in [2.45, 2.75) is 6.42 Å². The summed E-state index contributed by atoms with van der Waals surface area (Å²) in [6.07, 6.45) is 0.0227. The number of carbonyl (C=O) groups excluding carboxylic acids is 3. The number of nitrogens with zero attached hydrogens (tertiary/aromatic N) is 1. The number of amides is 1. The lowest BCUT2D eigenvalue weighted by Crippen LogP contribution is -2.27. The average molecular weight is 522 g/mol. The number of ether oxygens (including phenoxy) is 3. The third-order valence-electron chi connectivity index (χ3n) is 6.54. The van der Waals surface area contributed by atoms with Crippen LogP contribution in [-0.4, -0.2) is 37.9 Å². The van der Waals surface area contributed by atoms with Crippen LogP contribution in [0, 0.1) is 5.92 Å². The van der Waals surface area contributed by atoms with Gasteiger partial charge in [0.05, 0.1) is 13.0 Å². The van der Waals surface area contributed by atoms with Crippen molar-refractivity contribution in [3.8, 4) is 28.4 Å². The minimum Gasteiger partial charge on any atom is -0.497 e. The van der Waals surface area contributed by atoms with E-state index in [4.69, 9.17) is 14.2 Å². The maximum atomic E-state index is 12.7. The van der Waals surface area contributed by atoms with Gasteiger partial charge in [-0.2, -0.15) is 0 Å². The molecule has 1 saturated heterocycles. The maximum absolute atomic E-state index is 12.7. The first-order valence-corrected chi connectivity index (χ1v) is 12.6. The number of Topliss-reactive ketones (excluding diaryl/α,β-unsaturated/α-hetero) is 1. The molecule has 1 amide bonds. The number of esters is 1. The summed E-state index contributed by atoms with van der Waals surface area (Å²) in [5.41, 5.74) is 3.07. The summed E-state index contributed by atoms with van der Waals surface area (Å²) >= 11 is 0. The third-order valence-corrected chi connectivity index (χ3v) is 6.54. The van der Waals surface area contributed by atoms with Gasteiger partial charge in [0.1, 0.15) is 17.2 Å². The van der Waals surface area contributed by atoms with Crippen LogP contribution in [0.25, 0.3) is 11.1 Å². The second-order valence-corrected chi connectivity index (χ2v) is 9.13. The number of hydrogen-bond acceptors (Lipinski definition) is 6. The van der Waals surface area contributed by atoms with Crippen LogP contribution < -0.4 is 14.4 Å². The number of para-hydroxylation sites is 1. The van der Waals surface area contributed by atoms with E-state index in [0.29, 0.717) is 22.7 Å². The lowest BCUT2D eigenvalue weighted by molar-refractivity contribution is -0.147. The highest BCUT2D eigenvalue weighted by Gasteiger charge is 2.36. The largest absolute Gasteiger partial charge is 0.497 e. The van der Waals surface area contributed by atoms with Gasteiger partial charge in [-0.15, -0.1) is 0 Å². The predicted octanol–water partition coefficient (Wildman–Crippen LogP) is 5.93. The summed E-state index contributed by atoms with van der Waals surface area (Å²) in [6, 6.07) is 31.6. The molecule has 0 radical (unpaired) electrons. The summed E-state index contributed by atoms with van der Waals surface area (Å²) < 4.78 is 16.5. The number of carbonyl (C=O) groups is 3. The minimum atomic E-state index is -0.649. The van der Waals surface area contributed by atoms with Crippen molar-refractivity contribution in [3.05, 3.63) is 109 Å². The van der Waals surface area contributed by atoms with E-state index in [1.165, 1.54) is 7.11 Å². The molecular weight excluding hydrogens is 494 g/mol. The van der Waals surface area contributed by atoms with Crippen molar-refractivity contribution in [1.82, 2.24) is 0 Å². The van der Waals surface area contributed by atoms with Gasteiger partial charge < -0.3 is 19.1 Å². The molecule has 1 aliphatic rings. The molecule has 1 heterocycles. The molecule has 0 unspecified atom stereocenters. The van der Waals surface area contributed by atoms with Crippen LogP contribution in [0.2, 0.25) is 0 Å². The average Bonchev–Trinajstić information content (AvgIpc) is 3.38. The first-order valence-electron chi connectivity index (χ1n) is 12.6. The highest BCUT2D eigenvalue weighted by Crippen LogP contribution is 2.34. The zero-order chi connectivity index (χ0) is 27.2. The van der Waals surface area contributed by atoms with E-state index in [1.807, 2.05) is 54.6 Å². The summed E-state index contributed by atoms with van der Waals surface area (Å²) in [5.74, 6) is 0.151. The molecule has 5 rings (SSSR count). The molecule has 0 saturated carbocycles. The van der Waals surface area contributed by atoms with Crippen LogP contribution in [-0.2, 0) is 14.3 Å². The Labute approximate surface area is 226 Å². The molecule has 0 bridgehead atoms. The molecule has 7 heteroatoms. The first kappa shape index (κ1) is 25.7. The topological polar surface area (TPSA) is 82.1 Å². The highest BCUT2D eigenvalue weighted by atomic mass is 16.5. The van der Waals surface area contributed by atoms with Crippen molar-refractivity contribution in [3.63, 3.8) is 0 Å². The molecule has 0 spiro atoms. The van der Waals surface area contributed by atoms with Gasteiger partial charge in [-0.3, -0.25) is 14.4 Å². The van der Waals surface area contributed by atoms with Crippen molar-refractivity contribution in [1.29, 1.82) is 0 Å². The predicted molar refractivity (Wildman–Crippen MR) is 147 cm³/mol. The normalized spacial score (nSPS) is 14.6. The monoisotopic (exact) mass is 521 g/mol. The minimum absolute atomic E-state index is 0.0227. The molecule has 4 aromatic rings. The van der Waals surface area contributed by atoms with Crippen LogP contribution in [0.1, 0.15) is 16.8 Å². The van der Waals surface area contributed by atoms with Crippen LogP contribution in [0.4, 0.5) is 5.69 Å². The number of rotatable bonds is 9. The van der Waals surface area contributed by atoms with Gasteiger partial charge in [0.2, 0.25) is 5.91 Å². The zero-order valence-electron chi connectivity index (χ0n) is 21.4. The Balaban J connectivity index is 1.20. The van der Waals surface area contributed by atoms with Crippen molar-refractivity contribution >= 4 is 23.3 Å².